The molecular formula is C19H15N3O2S. The average molecular weight is 349 g/mol. The fourth-order valence-electron chi connectivity index (χ4n) is 2.31. The number of hydrogen-bond donors (Lipinski definition) is 1. The van der Waals surface area contributed by atoms with Gasteiger partial charge in [-0.25, -0.2) is 4.98 Å². The normalized spacial score (nSPS) is 10.2. The summed E-state index contributed by atoms with van der Waals surface area (Å²) in [4.78, 5) is 19.4. The van der Waals surface area contributed by atoms with Crippen molar-refractivity contribution in [3.05, 3.63) is 76.1 Å². The number of hydrogen-bond acceptors (Lipinski definition) is 5. The number of rotatable bonds is 5. The Morgan fingerprint density at radius 1 is 1.16 bits per heavy atom. The molecule has 2 aromatic carbocycles. The summed E-state index contributed by atoms with van der Waals surface area (Å²) in [7, 11) is 1.58. The van der Waals surface area contributed by atoms with Gasteiger partial charge in [-0.05, 0) is 29.8 Å². The topological polar surface area (TPSA) is 78.8 Å². The zero-order chi connectivity index (χ0) is 17.6. The van der Waals surface area contributed by atoms with Crippen molar-refractivity contribution >= 4 is 11.8 Å². The quantitative estimate of drug-likeness (QED) is 0.562. The number of ether oxygens (including phenoxy) is 1. The lowest BCUT2D eigenvalue weighted by Gasteiger charge is -2.07. The molecule has 6 heteroatoms. The highest BCUT2D eigenvalue weighted by atomic mass is 32.2. The summed E-state index contributed by atoms with van der Waals surface area (Å²) in [5, 5.41) is 9.80. The Hall–Kier alpha value is -3.04. The highest BCUT2D eigenvalue weighted by Gasteiger charge is 2.14. The maximum Gasteiger partial charge on any atom is 0.270 e. The summed E-state index contributed by atoms with van der Waals surface area (Å²) in [5.41, 5.74) is 1.79. The lowest BCUT2D eigenvalue weighted by molar-refractivity contribution is 0.415. The summed E-state index contributed by atoms with van der Waals surface area (Å²) < 4.78 is 5.14. The van der Waals surface area contributed by atoms with Crippen molar-refractivity contribution in [2.75, 3.05) is 7.11 Å². The number of benzene rings is 2. The monoisotopic (exact) mass is 349 g/mol. The number of H-pyrrole nitrogens is 1. The lowest BCUT2D eigenvalue weighted by Crippen LogP contribution is -2.14. The van der Waals surface area contributed by atoms with E-state index in [-0.39, 0.29) is 5.56 Å². The van der Waals surface area contributed by atoms with E-state index in [4.69, 9.17) is 4.74 Å². The van der Waals surface area contributed by atoms with Crippen LogP contribution in [0.15, 0.2) is 64.5 Å². The first-order valence-corrected chi connectivity index (χ1v) is 8.55. The van der Waals surface area contributed by atoms with Crippen molar-refractivity contribution in [2.45, 2.75) is 10.9 Å². The number of thioether (sulfide) groups is 1. The van der Waals surface area contributed by atoms with Crippen LogP contribution >= 0.6 is 11.8 Å². The molecule has 0 aliphatic heterocycles. The maximum atomic E-state index is 12.2. The van der Waals surface area contributed by atoms with Crippen molar-refractivity contribution in [1.29, 1.82) is 5.26 Å². The Morgan fingerprint density at radius 2 is 1.88 bits per heavy atom. The molecule has 0 radical (unpaired) electrons. The standard InChI is InChI=1S/C19H15N3O2S/c1-24-15-9-7-14(8-10-15)17-16(11-20)18(23)22-19(21-17)25-12-13-5-3-2-4-6-13/h2-10H,12H2,1H3,(H,21,22,23). The van der Waals surface area contributed by atoms with Crippen molar-refractivity contribution in [2.24, 2.45) is 0 Å². The molecule has 5 nitrogen and oxygen atoms in total. The second-order valence-electron chi connectivity index (χ2n) is 5.21. The largest absolute Gasteiger partial charge is 0.497 e. The van der Waals surface area contributed by atoms with E-state index < -0.39 is 5.56 Å². The Balaban J connectivity index is 1.95. The van der Waals surface area contributed by atoms with E-state index in [0.717, 1.165) is 5.56 Å². The molecule has 0 amide bonds. The molecule has 0 aliphatic carbocycles. The first-order chi connectivity index (χ1) is 12.2. The Morgan fingerprint density at radius 3 is 2.52 bits per heavy atom. The first-order valence-electron chi connectivity index (χ1n) is 7.57. The van der Waals surface area contributed by atoms with Crippen LogP contribution in [0.5, 0.6) is 5.75 Å². The molecule has 25 heavy (non-hydrogen) atoms. The third-order valence-electron chi connectivity index (χ3n) is 3.59. The molecule has 0 fully saturated rings. The number of nitriles is 1. The second kappa shape index (κ2) is 7.69. The minimum absolute atomic E-state index is 0.00854. The molecule has 124 valence electrons. The molecule has 1 N–H and O–H groups in total. The van der Waals surface area contributed by atoms with Crippen LogP contribution in [-0.4, -0.2) is 17.1 Å². The van der Waals surface area contributed by atoms with Crippen molar-refractivity contribution < 1.29 is 4.74 Å². The van der Waals surface area contributed by atoms with Crippen molar-refractivity contribution in [3.8, 4) is 23.1 Å². The van der Waals surface area contributed by atoms with Gasteiger partial charge in [0, 0.05) is 11.3 Å². The number of methoxy groups -OCH3 is 1. The van der Waals surface area contributed by atoms with Crippen LogP contribution in [0.3, 0.4) is 0 Å². The molecule has 3 aromatic rings. The van der Waals surface area contributed by atoms with Crippen LogP contribution in [-0.2, 0) is 5.75 Å². The minimum Gasteiger partial charge on any atom is -0.497 e. The smallest absolute Gasteiger partial charge is 0.270 e. The van der Waals surface area contributed by atoms with Crippen molar-refractivity contribution in [1.82, 2.24) is 9.97 Å². The van der Waals surface area contributed by atoms with Crippen LogP contribution < -0.4 is 10.3 Å². The molecule has 0 saturated carbocycles. The Kier molecular flexibility index (Phi) is 5.17. The van der Waals surface area contributed by atoms with Crippen LogP contribution in [0, 0.1) is 11.3 Å². The number of nitrogens with zero attached hydrogens (tertiary/aromatic N) is 2. The number of nitrogens with one attached hydrogen (secondary N) is 1. The van der Waals surface area contributed by atoms with E-state index in [0.29, 0.717) is 27.9 Å². The van der Waals surface area contributed by atoms with Crippen LogP contribution in [0.2, 0.25) is 0 Å². The number of aromatic nitrogens is 2. The Labute approximate surface area is 149 Å². The van der Waals surface area contributed by atoms with Gasteiger partial charge in [-0.15, -0.1) is 0 Å². The highest BCUT2D eigenvalue weighted by Crippen LogP contribution is 2.25. The summed E-state index contributed by atoms with van der Waals surface area (Å²) in [6.07, 6.45) is 0. The maximum absolute atomic E-state index is 12.2. The fourth-order valence-corrected chi connectivity index (χ4v) is 3.12. The van der Waals surface area contributed by atoms with Gasteiger partial charge in [0.05, 0.1) is 12.8 Å². The lowest BCUT2D eigenvalue weighted by atomic mass is 10.1. The van der Waals surface area contributed by atoms with Gasteiger partial charge in [-0.1, -0.05) is 42.1 Å². The molecule has 0 unspecified atom stereocenters. The van der Waals surface area contributed by atoms with Crippen LogP contribution in [0.1, 0.15) is 11.1 Å². The summed E-state index contributed by atoms with van der Waals surface area (Å²) in [5.74, 6) is 1.38. The van der Waals surface area contributed by atoms with Crippen LogP contribution in [0.25, 0.3) is 11.3 Å². The molecule has 3 rings (SSSR count). The first kappa shape index (κ1) is 16.8. The molecular weight excluding hydrogens is 334 g/mol. The summed E-state index contributed by atoms with van der Waals surface area (Å²) in [6.45, 7) is 0. The zero-order valence-corrected chi connectivity index (χ0v) is 14.3. The SMILES string of the molecule is COc1ccc(-c2nc(SCc3ccccc3)[nH]c(=O)c2C#N)cc1. The molecule has 0 spiro atoms. The van der Waals surface area contributed by atoms with Crippen molar-refractivity contribution in [3.63, 3.8) is 0 Å². The third-order valence-corrected chi connectivity index (χ3v) is 4.54. The fraction of sp³-hybridized carbons (Fsp3) is 0.105. The van der Waals surface area contributed by atoms with E-state index in [1.165, 1.54) is 11.8 Å². The van der Waals surface area contributed by atoms with E-state index >= 15 is 0 Å². The van der Waals surface area contributed by atoms with Gasteiger partial charge >= 0.3 is 0 Å². The van der Waals surface area contributed by atoms with E-state index in [1.807, 2.05) is 36.4 Å². The molecule has 0 atom stereocenters. The van der Waals surface area contributed by atoms with E-state index in [9.17, 15) is 10.1 Å². The molecule has 0 saturated heterocycles. The predicted octanol–water partition coefficient (Wildman–Crippen LogP) is 3.61. The predicted molar refractivity (Wildman–Crippen MR) is 97.6 cm³/mol. The van der Waals surface area contributed by atoms with Gasteiger partial charge in [0.25, 0.3) is 5.56 Å². The van der Waals surface area contributed by atoms with Gasteiger partial charge in [0.15, 0.2) is 5.16 Å². The zero-order valence-electron chi connectivity index (χ0n) is 13.5. The molecule has 0 bridgehead atoms. The number of aromatic amines is 1. The van der Waals surface area contributed by atoms with E-state index in [2.05, 4.69) is 9.97 Å². The second-order valence-corrected chi connectivity index (χ2v) is 6.17. The van der Waals surface area contributed by atoms with Gasteiger partial charge in [0.2, 0.25) is 0 Å². The van der Waals surface area contributed by atoms with Gasteiger partial charge in [0.1, 0.15) is 17.4 Å². The molecule has 1 aromatic heterocycles. The van der Waals surface area contributed by atoms with Gasteiger partial charge in [-0.3, -0.25) is 4.79 Å². The summed E-state index contributed by atoms with van der Waals surface area (Å²) in [6, 6.07) is 19.0. The van der Waals surface area contributed by atoms with Crippen LogP contribution in [0.4, 0.5) is 0 Å². The van der Waals surface area contributed by atoms with Gasteiger partial charge in [-0.2, -0.15) is 5.26 Å². The molecule has 1 heterocycles. The Bertz CT molecular complexity index is 961. The molecule has 0 aliphatic rings. The highest BCUT2D eigenvalue weighted by molar-refractivity contribution is 7.98. The minimum atomic E-state index is -0.432. The average Bonchev–Trinajstić information content (AvgIpc) is 2.67. The van der Waals surface area contributed by atoms with Gasteiger partial charge < -0.3 is 9.72 Å². The van der Waals surface area contributed by atoms with E-state index in [1.54, 1.807) is 31.4 Å². The third kappa shape index (κ3) is 3.90. The summed E-state index contributed by atoms with van der Waals surface area (Å²) >= 11 is 1.42.